The number of oxazole rings is 1. The molecule has 5 heteroatoms. The average molecular weight is 312 g/mol. The number of rotatable bonds is 3. The number of aryl methyl sites for hydroxylation is 3. The van der Waals surface area contributed by atoms with Gasteiger partial charge < -0.3 is 9.52 Å². The van der Waals surface area contributed by atoms with Gasteiger partial charge in [-0.15, -0.1) is 0 Å². The van der Waals surface area contributed by atoms with Gasteiger partial charge in [-0.25, -0.2) is 4.98 Å². The maximum atomic E-state index is 10.6. The molecule has 0 saturated heterocycles. The summed E-state index contributed by atoms with van der Waals surface area (Å²) in [5.74, 6) is -0.362. The van der Waals surface area contributed by atoms with E-state index in [1.165, 1.54) is 0 Å². The number of halogens is 1. The normalized spacial score (nSPS) is 11.1. The number of carboxylic acid groups (broad SMARTS) is 1. The maximum Gasteiger partial charge on any atom is 0.303 e. The molecule has 0 fully saturated rings. The van der Waals surface area contributed by atoms with Gasteiger partial charge in [0, 0.05) is 16.5 Å². The van der Waals surface area contributed by atoms with Gasteiger partial charge in [0.05, 0.1) is 6.42 Å². The molecule has 96 valence electrons. The van der Waals surface area contributed by atoms with Crippen molar-refractivity contribution < 1.29 is 14.3 Å². The molecule has 0 unspecified atom stereocenters. The Labute approximate surface area is 113 Å². The van der Waals surface area contributed by atoms with Crippen LogP contribution in [0.2, 0.25) is 0 Å². The van der Waals surface area contributed by atoms with E-state index in [-0.39, 0.29) is 6.42 Å². The third-order valence-electron chi connectivity index (χ3n) is 3.14. The summed E-state index contributed by atoms with van der Waals surface area (Å²) in [4.78, 5) is 14.9. The number of fused-ring (bicyclic) bond motifs is 1. The Hall–Kier alpha value is -1.36. The quantitative estimate of drug-likeness (QED) is 0.941. The number of aromatic nitrogens is 1. The summed E-state index contributed by atoms with van der Waals surface area (Å²) in [5, 5.41) is 8.67. The van der Waals surface area contributed by atoms with Crippen molar-refractivity contribution in [3.63, 3.8) is 0 Å². The number of hydrogen-bond acceptors (Lipinski definition) is 3. The molecule has 0 aliphatic rings. The van der Waals surface area contributed by atoms with E-state index in [0.29, 0.717) is 12.3 Å². The van der Waals surface area contributed by atoms with Crippen LogP contribution >= 0.6 is 15.9 Å². The first-order valence-electron chi connectivity index (χ1n) is 5.68. The maximum absolute atomic E-state index is 10.6. The molecule has 1 aromatic carbocycles. The molecule has 1 aromatic heterocycles. The molecule has 0 radical (unpaired) electrons. The highest BCUT2D eigenvalue weighted by Crippen LogP contribution is 2.33. The molecule has 18 heavy (non-hydrogen) atoms. The first kappa shape index (κ1) is 13.1. The molecule has 2 aromatic rings. The van der Waals surface area contributed by atoms with Crippen molar-refractivity contribution in [1.29, 1.82) is 0 Å². The summed E-state index contributed by atoms with van der Waals surface area (Å²) in [5.41, 5.74) is 4.77. The van der Waals surface area contributed by atoms with Crippen LogP contribution in [0.5, 0.6) is 0 Å². The number of hydrogen-bond donors (Lipinski definition) is 1. The number of carboxylic acids is 1. The molecule has 0 amide bonds. The van der Waals surface area contributed by atoms with Crippen molar-refractivity contribution in [2.24, 2.45) is 0 Å². The van der Waals surface area contributed by atoms with Gasteiger partial charge in [0.15, 0.2) is 11.5 Å². The standard InChI is InChI=1S/C13H14BrNO3/c1-6-7(2)12-13(8(3)11(6)14)18-9(15-12)4-5-10(16)17/h4-5H2,1-3H3,(H,16,17). The summed E-state index contributed by atoms with van der Waals surface area (Å²) in [6.45, 7) is 5.98. The predicted molar refractivity (Wildman–Crippen MR) is 71.9 cm³/mol. The molecule has 0 spiro atoms. The van der Waals surface area contributed by atoms with Crippen LogP contribution in [0.3, 0.4) is 0 Å². The first-order valence-corrected chi connectivity index (χ1v) is 6.47. The molecule has 0 aliphatic carbocycles. The molecular formula is C13H14BrNO3. The minimum absolute atomic E-state index is 0.0328. The van der Waals surface area contributed by atoms with Crippen LogP contribution in [0.25, 0.3) is 11.1 Å². The molecule has 2 rings (SSSR count). The minimum Gasteiger partial charge on any atom is -0.481 e. The van der Waals surface area contributed by atoms with Crippen LogP contribution in [0.1, 0.15) is 29.0 Å². The Morgan fingerprint density at radius 2 is 1.94 bits per heavy atom. The Kier molecular flexibility index (Phi) is 3.43. The molecule has 1 heterocycles. The van der Waals surface area contributed by atoms with Crippen molar-refractivity contribution in [1.82, 2.24) is 4.98 Å². The van der Waals surface area contributed by atoms with Crippen LogP contribution in [-0.2, 0) is 11.2 Å². The van der Waals surface area contributed by atoms with E-state index in [0.717, 1.165) is 32.3 Å². The number of benzene rings is 1. The zero-order valence-corrected chi connectivity index (χ0v) is 12.1. The first-order chi connectivity index (χ1) is 8.41. The van der Waals surface area contributed by atoms with Gasteiger partial charge in [-0.05, 0) is 31.9 Å². The SMILES string of the molecule is Cc1c(Br)c(C)c2oc(CCC(=O)O)nc2c1C. The Bertz CT molecular complexity index is 586. The van der Waals surface area contributed by atoms with E-state index in [9.17, 15) is 4.79 Å². The topological polar surface area (TPSA) is 63.3 Å². The summed E-state index contributed by atoms with van der Waals surface area (Å²) in [6, 6.07) is 0. The van der Waals surface area contributed by atoms with Crippen LogP contribution in [-0.4, -0.2) is 16.1 Å². The predicted octanol–water partition coefficient (Wildman–Crippen LogP) is 3.53. The molecule has 0 bridgehead atoms. The monoisotopic (exact) mass is 311 g/mol. The second-order valence-corrected chi connectivity index (χ2v) is 5.16. The third kappa shape index (κ3) is 2.14. The van der Waals surface area contributed by atoms with Crippen molar-refractivity contribution in [2.45, 2.75) is 33.6 Å². The fraction of sp³-hybridized carbons (Fsp3) is 0.385. The van der Waals surface area contributed by atoms with Gasteiger partial charge in [-0.2, -0.15) is 0 Å². The lowest BCUT2D eigenvalue weighted by molar-refractivity contribution is -0.137. The lowest BCUT2D eigenvalue weighted by atomic mass is 10.1. The number of carbonyl (C=O) groups is 1. The van der Waals surface area contributed by atoms with Crippen molar-refractivity contribution in [2.75, 3.05) is 0 Å². The average Bonchev–Trinajstić information content (AvgIpc) is 2.75. The smallest absolute Gasteiger partial charge is 0.303 e. The zero-order chi connectivity index (χ0) is 13.4. The van der Waals surface area contributed by atoms with E-state index < -0.39 is 5.97 Å². The summed E-state index contributed by atoms with van der Waals surface area (Å²) >= 11 is 3.54. The van der Waals surface area contributed by atoms with E-state index >= 15 is 0 Å². The second kappa shape index (κ2) is 4.72. The largest absolute Gasteiger partial charge is 0.481 e. The molecule has 1 N–H and O–H groups in total. The molecule has 0 atom stereocenters. The Balaban J connectivity index is 2.54. The fourth-order valence-corrected chi connectivity index (χ4v) is 2.39. The highest BCUT2D eigenvalue weighted by molar-refractivity contribution is 9.10. The van der Waals surface area contributed by atoms with Gasteiger partial charge in [0.1, 0.15) is 5.52 Å². The molecule has 4 nitrogen and oxygen atoms in total. The third-order valence-corrected chi connectivity index (χ3v) is 4.33. The molecule has 0 saturated carbocycles. The van der Waals surface area contributed by atoms with Crippen LogP contribution in [0.15, 0.2) is 8.89 Å². The van der Waals surface area contributed by atoms with Gasteiger partial charge in [-0.1, -0.05) is 15.9 Å². The highest BCUT2D eigenvalue weighted by atomic mass is 79.9. The lowest BCUT2D eigenvalue weighted by Crippen LogP contribution is -1.97. The van der Waals surface area contributed by atoms with Crippen LogP contribution in [0, 0.1) is 20.8 Å². The van der Waals surface area contributed by atoms with E-state index in [1.54, 1.807) is 0 Å². The highest BCUT2D eigenvalue weighted by Gasteiger charge is 2.16. The number of nitrogens with zero attached hydrogens (tertiary/aromatic N) is 1. The van der Waals surface area contributed by atoms with E-state index in [1.807, 2.05) is 20.8 Å². The molecular weight excluding hydrogens is 298 g/mol. The number of aliphatic carboxylic acids is 1. The Morgan fingerprint density at radius 1 is 1.28 bits per heavy atom. The fourth-order valence-electron chi connectivity index (χ4n) is 1.92. The van der Waals surface area contributed by atoms with Crippen molar-refractivity contribution >= 4 is 33.0 Å². The van der Waals surface area contributed by atoms with E-state index in [4.69, 9.17) is 9.52 Å². The van der Waals surface area contributed by atoms with E-state index in [2.05, 4.69) is 20.9 Å². The van der Waals surface area contributed by atoms with Crippen LogP contribution in [0.4, 0.5) is 0 Å². The van der Waals surface area contributed by atoms with Crippen molar-refractivity contribution in [3.8, 4) is 0 Å². The van der Waals surface area contributed by atoms with Crippen LogP contribution < -0.4 is 0 Å². The molecule has 0 aliphatic heterocycles. The second-order valence-electron chi connectivity index (χ2n) is 4.37. The summed E-state index contributed by atoms with van der Waals surface area (Å²) in [7, 11) is 0. The van der Waals surface area contributed by atoms with Gasteiger partial charge in [-0.3, -0.25) is 4.79 Å². The lowest BCUT2D eigenvalue weighted by Gasteiger charge is -2.06. The Morgan fingerprint density at radius 3 is 2.56 bits per heavy atom. The van der Waals surface area contributed by atoms with Gasteiger partial charge in [0.2, 0.25) is 0 Å². The summed E-state index contributed by atoms with van der Waals surface area (Å²) < 4.78 is 6.68. The van der Waals surface area contributed by atoms with Gasteiger partial charge >= 0.3 is 5.97 Å². The van der Waals surface area contributed by atoms with Crippen molar-refractivity contribution in [3.05, 3.63) is 27.1 Å². The van der Waals surface area contributed by atoms with Gasteiger partial charge in [0.25, 0.3) is 0 Å². The minimum atomic E-state index is -0.844. The summed E-state index contributed by atoms with van der Waals surface area (Å²) in [6.07, 6.45) is 0.352. The zero-order valence-electron chi connectivity index (χ0n) is 10.5.